The second-order valence-electron chi connectivity index (χ2n) is 10.1. The van der Waals surface area contributed by atoms with Crippen molar-refractivity contribution < 1.29 is 22.7 Å². The maximum Gasteiger partial charge on any atom is 0.243 e. The molecule has 3 aromatic carbocycles. The number of anilines is 1. The molecule has 0 spiro atoms. The molecule has 0 aromatic heterocycles. The molecule has 0 radical (unpaired) electrons. The Hall–Kier alpha value is -3.37. The average molecular weight is 659 g/mol. The minimum absolute atomic E-state index is 0.0756. The minimum atomic E-state index is -3.59. The highest BCUT2D eigenvalue weighted by Gasteiger charge is 2.30. The number of nitrogens with one attached hydrogen (secondary N) is 1. The van der Waals surface area contributed by atoms with Crippen molar-refractivity contribution >= 4 is 43.5 Å². The molecule has 1 atom stereocenters. The number of carbonyl (C=O) groups excluding carboxylic acids is 2. The molecule has 226 valence electrons. The quantitative estimate of drug-likeness (QED) is 0.204. The van der Waals surface area contributed by atoms with Crippen LogP contribution in [0.1, 0.15) is 43.7 Å². The van der Waals surface area contributed by atoms with Crippen molar-refractivity contribution in [2.75, 3.05) is 30.8 Å². The van der Waals surface area contributed by atoms with Crippen LogP contribution in [0.4, 0.5) is 5.69 Å². The third-order valence-electron chi connectivity index (χ3n) is 6.88. The van der Waals surface area contributed by atoms with Crippen LogP contribution in [0.2, 0.25) is 0 Å². The van der Waals surface area contributed by atoms with Crippen molar-refractivity contribution in [2.45, 2.75) is 51.6 Å². The Kier molecular flexibility index (Phi) is 12.9. The van der Waals surface area contributed by atoms with Gasteiger partial charge in [-0.2, -0.15) is 0 Å². The molecule has 0 bridgehead atoms. The molecule has 3 rings (SSSR count). The van der Waals surface area contributed by atoms with Crippen LogP contribution in [0.3, 0.4) is 0 Å². The molecule has 42 heavy (non-hydrogen) atoms. The number of amides is 2. The topological polar surface area (TPSA) is 96.0 Å². The number of hydrogen-bond acceptors (Lipinski definition) is 5. The lowest BCUT2D eigenvalue weighted by molar-refractivity contribution is -0.141. The van der Waals surface area contributed by atoms with E-state index in [1.165, 1.54) is 4.31 Å². The predicted octanol–water partition coefficient (Wildman–Crippen LogP) is 5.56. The van der Waals surface area contributed by atoms with Crippen molar-refractivity contribution in [1.82, 2.24) is 10.2 Å². The lowest BCUT2D eigenvalue weighted by atomic mass is 10.0. The number of benzene rings is 3. The highest BCUT2D eigenvalue weighted by atomic mass is 79.9. The monoisotopic (exact) mass is 657 g/mol. The first-order valence-electron chi connectivity index (χ1n) is 14.1. The fraction of sp³-hybridized carbons (Fsp3) is 0.375. The van der Waals surface area contributed by atoms with Crippen LogP contribution in [0, 0.1) is 0 Å². The standard InChI is InChI=1S/C32H40BrN3O5S/c1-4-5-21-34-32(38)30(23-25-10-7-6-8-11-25)35(24-26-13-15-27(33)16-14-26)31(37)12-9-22-36(42(3,39)40)28-17-19-29(41-2)20-18-28/h6-8,10-11,13-20,30H,4-5,9,12,21-24H2,1-3H3,(H,34,38)/t30-/m0/s1. The minimum Gasteiger partial charge on any atom is -0.497 e. The van der Waals surface area contributed by atoms with Crippen LogP contribution >= 0.6 is 15.9 Å². The van der Waals surface area contributed by atoms with Gasteiger partial charge in [-0.25, -0.2) is 8.42 Å². The van der Waals surface area contributed by atoms with Crippen LogP contribution in [-0.4, -0.2) is 57.6 Å². The van der Waals surface area contributed by atoms with Crippen molar-refractivity contribution in [3.8, 4) is 5.75 Å². The highest BCUT2D eigenvalue weighted by molar-refractivity contribution is 9.10. The van der Waals surface area contributed by atoms with Gasteiger partial charge in [0.1, 0.15) is 11.8 Å². The zero-order valence-electron chi connectivity index (χ0n) is 24.5. The van der Waals surface area contributed by atoms with Gasteiger partial charge in [0, 0.05) is 36.9 Å². The first-order chi connectivity index (χ1) is 20.1. The third kappa shape index (κ3) is 10.2. The van der Waals surface area contributed by atoms with E-state index in [-0.39, 0.29) is 37.7 Å². The SMILES string of the molecule is CCCCNC(=O)[C@H](Cc1ccccc1)N(Cc1ccc(Br)cc1)C(=O)CCCN(c1ccc(OC)cc1)S(C)(=O)=O. The number of hydrogen-bond donors (Lipinski definition) is 1. The van der Waals surface area contributed by atoms with E-state index >= 15 is 0 Å². The van der Waals surface area contributed by atoms with Crippen LogP contribution in [-0.2, 0) is 32.6 Å². The number of ether oxygens (including phenoxy) is 1. The van der Waals surface area contributed by atoms with Crippen molar-refractivity contribution in [3.63, 3.8) is 0 Å². The predicted molar refractivity (Wildman–Crippen MR) is 171 cm³/mol. The summed E-state index contributed by atoms with van der Waals surface area (Å²) < 4.78 is 32.7. The Labute approximate surface area is 258 Å². The Morgan fingerprint density at radius 1 is 0.929 bits per heavy atom. The van der Waals surface area contributed by atoms with Gasteiger partial charge >= 0.3 is 0 Å². The summed E-state index contributed by atoms with van der Waals surface area (Å²) in [7, 11) is -2.05. The summed E-state index contributed by atoms with van der Waals surface area (Å²) in [5.41, 5.74) is 2.33. The average Bonchev–Trinajstić information content (AvgIpc) is 2.98. The summed E-state index contributed by atoms with van der Waals surface area (Å²) >= 11 is 3.46. The number of sulfonamides is 1. The van der Waals surface area contributed by atoms with Gasteiger partial charge in [0.2, 0.25) is 21.8 Å². The number of unbranched alkanes of at least 4 members (excludes halogenated alkanes) is 1. The van der Waals surface area contributed by atoms with Crippen molar-refractivity contribution in [3.05, 3.63) is 94.5 Å². The van der Waals surface area contributed by atoms with E-state index in [4.69, 9.17) is 4.74 Å². The van der Waals surface area contributed by atoms with Gasteiger partial charge in [-0.15, -0.1) is 0 Å². The van der Waals surface area contributed by atoms with Gasteiger partial charge < -0.3 is 15.0 Å². The number of carbonyl (C=O) groups is 2. The molecule has 1 N–H and O–H groups in total. The molecule has 3 aromatic rings. The molecule has 0 aliphatic rings. The first-order valence-corrected chi connectivity index (χ1v) is 16.7. The maximum absolute atomic E-state index is 13.9. The van der Waals surface area contributed by atoms with Crippen LogP contribution in [0.25, 0.3) is 0 Å². The molecule has 2 amide bonds. The smallest absolute Gasteiger partial charge is 0.243 e. The summed E-state index contributed by atoms with van der Waals surface area (Å²) in [6, 6.07) is 23.3. The highest BCUT2D eigenvalue weighted by Crippen LogP contribution is 2.23. The Morgan fingerprint density at radius 3 is 2.19 bits per heavy atom. The molecular weight excluding hydrogens is 618 g/mol. The molecule has 8 nitrogen and oxygen atoms in total. The van der Waals surface area contributed by atoms with E-state index in [0.717, 1.165) is 34.7 Å². The van der Waals surface area contributed by atoms with Crippen molar-refractivity contribution in [1.29, 1.82) is 0 Å². The molecule has 0 unspecified atom stereocenters. The zero-order valence-corrected chi connectivity index (χ0v) is 26.9. The normalized spacial score (nSPS) is 11.9. The molecule has 0 heterocycles. The molecule has 0 saturated carbocycles. The first kappa shape index (κ1) is 33.1. The molecular formula is C32H40BrN3O5S. The van der Waals surface area contributed by atoms with Crippen molar-refractivity contribution in [2.24, 2.45) is 0 Å². The molecule has 0 aliphatic heterocycles. The van der Waals surface area contributed by atoms with E-state index in [1.807, 2.05) is 54.6 Å². The molecule has 0 aliphatic carbocycles. The molecule has 10 heteroatoms. The Balaban J connectivity index is 1.85. The largest absolute Gasteiger partial charge is 0.497 e. The zero-order chi connectivity index (χ0) is 30.5. The van der Waals surface area contributed by atoms with Crippen LogP contribution in [0.5, 0.6) is 5.75 Å². The van der Waals surface area contributed by atoms with Gasteiger partial charge in [0.25, 0.3) is 0 Å². The fourth-order valence-corrected chi connectivity index (χ4v) is 5.83. The van der Waals surface area contributed by atoms with Crippen LogP contribution in [0.15, 0.2) is 83.3 Å². The molecule has 0 fully saturated rings. The summed E-state index contributed by atoms with van der Waals surface area (Å²) in [6.07, 6.45) is 3.65. The number of nitrogens with zero attached hydrogens (tertiary/aromatic N) is 2. The number of halogens is 1. The summed E-state index contributed by atoms with van der Waals surface area (Å²) in [6.45, 7) is 2.96. The molecule has 0 saturated heterocycles. The van der Waals surface area contributed by atoms with E-state index in [2.05, 4.69) is 28.2 Å². The maximum atomic E-state index is 13.9. The van der Waals surface area contributed by atoms with Gasteiger partial charge in [-0.3, -0.25) is 13.9 Å². The van der Waals surface area contributed by atoms with Gasteiger partial charge in [-0.1, -0.05) is 71.7 Å². The van der Waals surface area contributed by atoms with Gasteiger partial charge in [0.15, 0.2) is 0 Å². The Morgan fingerprint density at radius 2 is 1.60 bits per heavy atom. The van der Waals surface area contributed by atoms with E-state index < -0.39 is 16.1 Å². The van der Waals surface area contributed by atoms with Gasteiger partial charge in [-0.05, 0) is 60.4 Å². The summed E-state index contributed by atoms with van der Waals surface area (Å²) in [4.78, 5) is 29.1. The Bertz CT molecular complexity index is 1380. The lowest BCUT2D eigenvalue weighted by Gasteiger charge is -2.32. The number of methoxy groups -OCH3 is 1. The lowest BCUT2D eigenvalue weighted by Crippen LogP contribution is -2.50. The second-order valence-corrected chi connectivity index (χ2v) is 13.0. The van der Waals surface area contributed by atoms with Crippen LogP contribution < -0.4 is 14.4 Å². The summed E-state index contributed by atoms with van der Waals surface area (Å²) in [5.74, 6) is 0.203. The van der Waals surface area contributed by atoms with E-state index in [9.17, 15) is 18.0 Å². The fourth-order valence-electron chi connectivity index (χ4n) is 4.60. The second kappa shape index (κ2) is 16.3. The van der Waals surface area contributed by atoms with E-state index in [1.54, 1.807) is 36.3 Å². The van der Waals surface area contributed by atoms with Gasteiger partial charge in [0.05, 0.1) is 19.1 Å². The van der Waals surface area contributed by atoms with E-state index in [0.29, 0.717) is 24.4 Å². The number of rotatable bonds is 16. The summed E-state index contributed by atoms with van der Waals surface area (Å²) in [5, 5.41) is 3.02. The third-order valence-corrected chi connectivity index (χ3v) is 8.60.